The van der Waals surface area contributed by atoms with Crippen molar-refractivity contribution < 1.29 is 4.74 Å². The molecule has 2 nitrogen and oxygen atoms in total. The van der Waals surface area contributed by atoms with Crippen LogP contribution in [0.1, 0.15) is 43.9 Å². The predicted molar refractivity (Wildman–Crippen MR) is 83.3 cm³/mol. The summed E-state index contributed by atoms with van der Waals surface area (Å²) >= 11 is 7.72. The molecule has 1 fully saturated rings. The van der Waals surface area contributed by atoms with E-state index in [0.717, 1.165) is 17.4 Å². The lowest BCUT2D eigenvalue weighted by atomic mass is 9.77. The minimum absolute atomic E-state index is 0.0121. The van der Waals surface area contributed by atoms with Gasteiger partial charge in [-0.3, -0.25) is 0 Å². The molecule has 1 aromatic heterocycles. The molecule has 1 aliphatic carbocycles. The molecule has 0 aliphatic heterocycles. The molecule has 0 saturated heterocycles. The highest BCUT2D eigenvalue weighted by Crippen LogP contribution is 2.36. The number of hydrogen-bond acceptors (Lipinski definition) is 3. The van der Waals surface area contributed by atoms with Gasteiger partial charge in [0.1, 0.15) is 0 Å². The summed E-state index contributed by atoms with van der Waals surface area (Å²) in [6, 6.07) is 4.50. The fourth-order valence-corrected chi connectivity index (χ4v) is 4.38. The molecule has 1 saturated carbocycles. The molecule has 1 heterocycles. The topological polar surface area (TPSA) is 21.3 Å². The number of thiophene rings is 1. The summed E-state index contributed by atoms with van der Waals surface area (Å²) in [6.07, 6.45) is 7.26. The Morgan fingerprint density at radius 3 is 2.63 bits per heavy atom. The van der Waals surface area contributed by atoms with Gasteiger partial charge in [-0.25, -0.2) is 0 Å². The second-order valence-electron chi connectivity index (χ2n) is 5.31. The number of hydrogen-bond donors (Lipinski definition) is 1. The summed E-state index contributed by atoms with van der Waals surface area (Å²) in [5, 5.41) is 3.49. The van der Waals surface area contributed by atoms with Gasteiger partial charge in [-0.15, -0.1) is 11.3 Å². The van der Waals surface area contributed by atoms with Gasteiger partial charge in [0, 0.05) is 17.5 Å². The fourth-order valence-electron chi connectivity index (χ4n) is 3.24. The summed E-state index contributed by atoms with van der Waals surface area (Å²) in [5.74, 6) is 0. The zero-order chi connectivity index (χ0) is 13.7. The van der Waals surface area contributed by atoms with Crippen molar-refractivity contribution in [3.63, 3.8) is 0 Å². The van der Waals surface area contributed by atoms with Gasteiger partial charge in [0.05, 0.1) is 9.94 Å². The zero-order valence-electron chi connectivity index (χ0n) is 11.9. The molecule has 0 spiro atoms. The van der Waals surface area contributed by atoms with E-state index in [9.17, 15) is 0 Å². The standard InChI is InChI=1S/C15H24ClNOS/c1-3-18-15(9-5-4-6-10-15)13(17-2)11-12-7-8-14(16)19-12/h7-8,13,17H,3-6,9-11H2,1-2H3. The van der Waals surface area contributed by atoms with Crippen molar-refractivity contribution in [1.29, 1.82) is 0 Å². The molecular formula is C15H24ClNOS. The largest absolute Gasteiger partial charge is 0.374 e. The van der Waals surface area contributed by atoms with E-state index in [4.69, 9.17) is 16.3 Å². The SMILES string of the molecule is CCOC1(C(Cc2ccc(Cl)s2)NC)CCCCC1. The molecule has 0 amide bonds. The Kier molecular flexibility index (Phi) is 5.70. The van der Waals surface area contributed by atoms with Crippen LogP contribution >= 0.6 is 22.9 Å². The van der Waals surface area contributed by atoms with Crippen molar-refractivity contribution in [1.82, 2.24) is 5.32 Å². The Hall–Kier alpha value is -0.0900. The van der Waals surface area contributed by atoms with Gasteiger partial charge in [-0.2, -0.15) is 0 Å². The van der Waals surface area contributed by atoms with Gasteiger partial charge in [-0.05, 0) is 45.4 Å². The molecule has 1 atom stereocenters. The van der Waals surface area contributed by atoms with Gasteiger partial charge < -0.3 is 10.1 Å². The van der Waals surface area contributed by atoms with E-state index in [0.29, 0.717) is 6.04 Å². The molecule has 0 radical (unpaired) electrons. The van der Waals surface area contributed by atoms with Crippen LogP contribution in [-0.4, -0.2) is 25.3 Å². The lowest BCUT2D eigenvalue weighted by Gasteiger charge is -2.43. The first-order chi connectivity index (χ1) is 9.20. The Balaban J connectivity index is 2.12. The van der Waals surface area contributed by atoms with E-state index in [-0.39, 0.29) is 5.60 Å². The monoisotopic (exact) mass is 301 g/mol. The maximum atomic E-state index is 6.21. The third kappa shape index (κ3) is 3.72. The van der Waals surface area contributed by atoms with Crippen LogP contribution in [0.2, 0.25) is 4.34 Å². The summed E-state index contributed by atoms with van der Waals surface area (Å²) in [5.41, 5.74) is 0.0121. The van der Waals surface area contributed by atoms with Gasteiger partial charge in [-0.1, -0.05) is 30.9 Å². The van der Waals surface area contributed by atoms with Crippen LogP contribution < -0.4 is 5.32 Å². The molecule has 19 heavy (non-hydrogen) atoms. The van der Waals surface area contributed by atoms with E-state index < -0.39 is 0 Å². The quantitative estimate of drug-likeness (QED) is 0.847. The number of ether oxygens (including phenoxy) is 1. The van der Waals surface area contributed by atoms with Crippen LogP contribution in [0.3, 0.4) is 0 Å². The van der Waals surface area contributed by atoms with E-state index in [1.54, 1.807) is 11.3 Å². The summed E-state index contributed by atoms with van der Waals surface area (Å²) in [4.78, 5) is 1.34. The molecule has 4 heteroatoms. The average molecular weight is 302 g/mol. The molecule has 108 valence electrons. The van der Waals surface area contributed by atoms with Gasteiger partial charge in [0.15, 0.2) is 0 Å². The van der Waals surface area contributed by atoms with Gasteiger partial charge >= 0.3 is 0 Å². The molecule has 1 unspecified atom stereocenters. The number of likely N-dealkylation sites (N-methyl/N-ethyl adjacent to an activating group) is 1. The Morgan fingerprint density at radius 1 is 1.37 bits per heavy atom. The highest BCUT2D eigenvalue weighted by Gasteiger charge is 2.39. The fraction of sp³-hybridized carbons (Fsp3) is 0.733. The van der Waals surface area contributed by atoms with Crippen molar-refractivity contribution in [3.8, 4) is 0 Å². The van der Waals surface area contributed by atoms with Crippen molar-refractivity contribution in [3.05, 3.63) is 21.3 Å². The van der Waals surface area contributed by atoms with E-state index in [1.165, 1.54) is 37.0 Å². The first-order valence-electron chi connectivity index (χ1n) is 7.25. The first kappa shape index (κ1) is 15.3. The third-order valence-corrected chi connectivity index (χ3v) is 5.40. The first-order valence-corrected chi connectivity index (χ1v) is 8.45. The maximum absolute atomic E-state index is 6.21. The molecule has 1 aromatic rings. The van der Waals surface area contributed by atoms with E-state index in [2.05, 4.69) is 25.4 Å². The number of halogens is 1. The van der Waals surface area contributed by atoms with Crippen LogP contribution in [0.15, 0.2) is 12.1 Å². The van der Waals surface area contributed by atoms with Crippen LogP contribution in [-0.2, 0) is 11.2 Å². The molecule has 0 bridgehead atoms. The van der Waals surface area contributed by atoms with Crippen molar-refractivity contribution >= 4 is 22.9 Å². The van der Waals surface area contributed by atoms with Crippen LogP contribution in [0, 0.1) is 0 Å². The average Bonchev–Trinajstić information content (AvgIpc) is 2.83. The minimum Gasteiger partial charge on any atom is -0.374 e. The van der Waals surface area contributed by atoms with Gasteiger partial charge in [0.25, 0.3) is 0 Å². The Bertz CT molecular complexity index is 382. The smallest absolute Gasteiger partial charge is 0.0931 e. The maximum Gasteiger partial charge on any atom is 0.0931 e. The molecule has 1 aliphatic rings. The number of rotatable bonds is 6. The zero-order valence-corrected chi connectivity index (χ0v) is 13.4. The highest BCUT2D eigenvalue weighted by molar-refractivity contribution is 7.16. The lowest BCUT2D eigenvalue weighted by molar-refractivity contribution is -0.0882. The van der Waals surface area contributed by atoms with Crippen molar-refractivity contribution in [2.24, 2.45) is 0 Å². The summed E-state index contributed by atoms with van der Waals surface area (Å²) < 4.78 is 7.09. The van der Waals surface area contributed by atoms with Crippen LogP contribution in [0.5, 0.6) is 0 Å². The normalized spacial score (nSPS) is 20.4. The summed E-state index contributed by atoms with van der Waals surface area (Å²) in [7, 11) is 2.05. The van der Waals surface area contributed by atoms with Crippen molar-refractivity contribution in [2.75, 3.05) is 13.7 Å². The second kappa shape index (κ2) is 7.07. The molecular weight excluding hydrogens is 278 g/mol. The Labute approximate surface area is 125 Å². The van der Waals surface area contributed by atoms with Crippen molar-refractivity contribution in [2.45, 2.75) is 57.1 Å². The highest BCUT2D eigenvalue weighted by atomic mass is 35.5. The summed E-state index contributed by atoms with van der Waals surface area (Å²) in [6.45, 7) is 2.90. The third-order valence-electron chi connectivity index (χ3n) is 4.15. The number of nitrogens with one attached hydrogen (secondary N) is 1. The predicted octanol–water partition coefficient (Wildman–Crippen LogP) is 4.27. The van der Waals surface area contributed by atoms with Gasteiger partial charge in [0.2, 0.25) is 0 Å². The minimum atomic E-state index is 0.0121. The molecule has 0 aromatic carbocycles. The van der Waals surface area contributed by atoms with E-state index >= 15 is 0 Å². The molecule has 2 rings (SSSR count). The molecule has 1 N–H and O–H groups in total. The van der Waals surface area contributed by atoms with Crippen LogP contribution in [0.25, 0.3) is 0 Å². The van der Waals surface area contributed by atoms with Crippen LogP contribution in [0.4, 0.5) is 0 Å². The lowest BCUT2D eigenvalue weighted by Crippen LogP contribution is -2.53. The van der Waals surface area contributed by atoms with E-state index in [1.807, 2.05) is 6.07 Å². The Morgan fingerprint density at radius 2 is 2.11 bits per heavy atom. The second-order valence-corrected chi connectivity index (χ2v) is 7.11.